The number of nitrogens with one attached hydrogen (secondary N) is 1. The van der Waals surface area contributed by atoms with Crippen molar-refractivity contribution in [2.45, 2.75) is 13.8 Å². The molecule has 1 aromatic rings. The van der Waals surface area contributed by atoms with Crippen LogP contribution in [0.15, 0.2) is 25.0 Å². The Morgan fingerprint density at radius 3 is 2.67 bits per heavy atom. The number of hydrogen-bond acceptors (Lipinski definition) is 2. The maximum Gasteiger partial charge on any atom is 0.255 e. The molecule has 1 N–H and O–H groups in total. The van der Waals surface area contributed by atoms with Crippen molar-refractivity contribution in [2.24, 2.45) is 0 Å². The first kappa shape index (κ1) is 14.5. The predicted molar refractivity (Wildman–Crippen MR) is 74.8 cm³/mol. The lowest BCUT2D eigenvalue weighted by Crippen LogP contribution is -2.37. The third-order valence-corrected chi connectivity index (χ3v) is 3.04. The highest BCUT2D eigenvalue weighted by Gasteiger charge is 2.16. The molecule has 0 bridgehead atoms. The number of carbonyl (C=O) groups is 1. The number of amides is 1. The summed E-state index contributed by atoms with van der Waals surface area (Å²) in [6, 6.07) is 0. The van der Waals surface area contributed by atoms with E-state index in [-0.39, 0.29) is 5.91 Å². The molecular weight excluding hydrogens is 226 g/mol. The van der Waals surface area contributed by atoms with Crippen molar-refractivity contribution in [3.63, 3.8) is 0 Å². The van der Waals surface area contributed by atoms with Gasteiger partial charge in [0, 0.05) is 38.6 Å². The first-order chi connectivity index (χ1) is 8.60. The fraction of sp³-hybridized carbons (Fsp3) is 0.500. The molecule has 0 saturated carbocycles. The van der Waals surface area contributed by atoms with Gasteiger partial charge in [-0.15, -0.1) is 6.58 Å². The molecule has 1 aromatic heterocycles. The number of rotatable bonds is 7. The zero-order chi connectivity index (χ0) is 13.5. The van der Waals surface area contributed by atoms with Crippen LogP contribution >= 0.6 is 0 Å². The standard InChI is InChI=1S/C14H23N3O/c1-5-7-16(4)8-9-17(6-2)14(18)13-11-15-10-12(13)3/h5,10-11,15H,1,6-9H2,2-4H3. The van der Waals surface area contributed by atoms with Crippen molar-refractivity contribution in [3.05, 3.63) is 36.2 Å². The van der Waals surface area contributed by atoms with Crippen molar-refractivity contribution in [1.82, 2.24) is 14.8 Å². The summed E-state index contributed by atoms with van der Waals surface area (Å²) in [4.78, 5) is 19.3. The number of carbonyl (C=O) groups excluding carboxylic acids is 1. The summed E-state index contributed by atoms with van der Waals surface area (Å²) < 4.78 is 0. The molecule has 0 aliphatic rings. The van der Waals surface area contributed by atoms with E-state index in [1.807, 2.05) is 38.1 Å². The second kappa shape index (κ2) is 7.01. The summed E-state index contributed by atoms with van der Waals surface area (Å²) in [5.74, 6) is 0.100. The molecule has 0 saturated heterocycles. The highest BCUT2D eigenvalue weighted by Crippen LogP contribution is 2.09. The lowest BCUT2D eigenvalue weighted by Gasteiger charge is -2.24. The molecule has 1 heterocycles. The fourth-order valence-corrected chi connectivity index (χ4v) is 1.85. The molecule has 0 unspecified atom stereocenters. The maximum absolute atomic E-state index is 12.3. The van der Waals surface area contributed by atoms with Gasteiger partial charge in [-0.05, 0) is 26.5 Å². The van der Waals surface area contributed by atoms with Crippen LogP contribution < -0.4 is 0 Å². The van der Waals surface area contributed by atoms with Crippen LogP contribution in [0.4, 0.5) is 0 Å². The molecule has 1 amide bonds. The van der Waals surface area contributed by atoms with E-state index in [2.05, 4.69) is 16.5 Å². The molecule has 0 aromatic carbocycles. The lowest BCUT2D eigenvalue weighted by molar-refractivity contribution is 0.0751. The van der Waals surface area contributed by atoms with Crippen LogP contribution in [-0.4, -0.2) is 53.9 Å². The Bertz CT molecular complexity index is 397. The van der Waals surface area contributed by atoms with Crippen LogP contribution in [0.3, 0.4) is 0 Å². The number of likely N-dealkylation sites (N-methyl/N-ethyl adjacent to an activating group) is 2. The summed E-state index contributed by atoms with van der Waals surface area (Å²) in [5, 5.41) is 0. The predicted octanol–water partition coefficient (Wildman–Crippen LogP) is 1.90. The molecule has 0 fully saturated rings. The number of H-pyrrole nitrogens is 1. The van der Waals surface area contributed by atoms with Gasteiger partial charge in [0.25, 0.3) is 5.91 Å². The van der Waals surface area contributed by atoms with Crippen molar-refractivity contribution in [3.8, 4) is 0 Å². The van der Waals surface area contributed by atoms with Gasteiger partial charge in [0.2, 0.25) is 0 Å². The molecule has 0 aliphatic carbocycles. The molecule has 100 valence electrons. The largest absolute Gasteiger partial charge is 0.367 e. The lowest BCUT2D eigenvalue weighted by atomic mass is 10.2. The van der Waals surface area contributed by atoms with Crippen molar-refractivity contribution in [2.75, 3.05) is 33.2 Å². The number of aryl methyl sites for hydroxylation is 1. The fourth-order valence-electron chi connectivity index (χ4n) is 1.85. The third kappa shape index (κ3) is 3.74. The summed E-state index contributed by atoms with van der Waals surface area (Å²) in [7, 11) is 2.03. The number of hydrogen-bond donors (Lipinski definition) is 1. The van der Waals surface area contributed by atoms with E-state index in [0.29, 0.717) is 0 Å². The number of nitrogens with zero attached hydrogens (tertiary/aromatic N) is 2. The average Bonchev–Trinajstić information content (AvgIpc) is 2.76. The molecule has 1 rings (SSSR count). The summed E-state index contributed by atoms with van der Waals surface area (Å²) in [5.41, 5.74) is 1.76. The Hall–Kier alpha value is -1.55. The van der Waals surface area contributed by atoms with Crippen molar-refractivity contribution in [1.29, 1.82) is 0 Å². The van der Waals surface area contributed by atoms with Gasteiger partial charge in [-0.25, -0.2) is 0 Å². The Morgan fingerprint density at radius 1 is 1.44 bits per heavy atom. The molecule has 4 nitrogen and oxygen atoms in total. The van der Waals surface area contributed by atoms with E-state index in [1.165, 1.54) is 0 Å². The Balaban J connectivity index is 2.58. The quantitative estimate of drug-likeness (QED) is 0.750. The van der Waals surface area contributed by atoms with Crippen LogP contribution in [-0.2, 0) is 0 Å². The molecule has 0 spiro atoms. The van der Waals surface area contributed by atoms with E-state index in [4.69, 9.17) is 0 Å². The van der Waals surface area contributed by atoms with Gasteiger partial charge in [0.05, 0.1) is 5.56 Å². The van der Waals surface area contributed by atoms with Crippen LogP contribution in [0.2, 0.25) is 0 Å². The number of aromatic amines is 1. The normalized spacial score (nSPS) is 10.7. The van der Waals surface area contributed by atoms with E-state index in [1.54, 1.807) is 6.20 Å². The average molecular weight is 249 g/mol. The van der Waals surface area contributed by atoms with Gasteiger partial charge in [-0.2, -0.15) is 0 Å². The van der Waals surface area contributed by atoms with Gasteiger partial charge in [-0.1, -0.05) is 6.08 Å². The van der Waals surface area contributed by atoms with Gasteiger partial charge in [0.15, 0.2) is 0 Å². The molecule has 0 atom stereocenters. The second-order valence-electron chi connectivity index (χ2n) is 4.49. The van der Waals surface area contributed by atoms with Crippen LogP contribution in [0.25, 0.3) is 0 Å². The smallest absolute Gasteiger partial charge is 0.255 e. The number of aromatic nitrogens is 1. The minimum absolute atomic E-state index is 0.100. The minimum atomic E-state index is 0.100. The van der Waals surface area contributed by atoms with Crippen LogP contribution in [0.1, 0.15) is 22.8 Å². The first-order valence-corrected chi connectivity index (χ1v) is 6.32. The van der Waals surface area contributed by atoms with Crippen LogP contribution in [0, 0.1) is 6.92 Å². The van der Waals surface area contributed by atoms with E-state index < -0.39 is 0 Å². The van der Waals surface area contributed by atoms with Gasteiger partial charge >= 0.3 is 0 Å². The van der Waals surface area contributed by atoms with Crippen molar-refractivity contribution >= 4 is 5.91 Å². The maximum atomic E-state index is 12.3. The molecule has 4 heteroatoms. The van der Waals surface area contributed by atoms with Crippen LogP contribution in [0.5, 0.6) is 0 Å². The topological polar surface area (TPSA) is 39.3 Å². The summed E-state index contributed by atoms with van der Waals surface area (Å²) in [6.07, 6.45) is 5.49. The zero-order valence-electron chi connectivity index (χ0n) is 11.6. The molecular formula is C14H23N3O. The zero-order valence-corrected chi connectivity index (χ0v) is 11.6. The Labute approximate surface area is 109 Å². The summed E-state index contributed by atoms with van der Waals surface area (Å²) in [6.45, 7) is 10.8. The molecule has 0 aliphatic heterocycles. The Kier molecular flexibility index (Phi) is 5.65. The summed E-state index contributed by atoms with van der Waals surface area (Å²) >= 11 is 0. The highest BCUT2D eigenvalue weighted by molar-refractivity contribution is 5.95. The molecule has 18 heavy (non-hydrogen) atoms. The van der Waals surface area contributed by atoms with Gasteiger partial charge in [-0.3, -0.25) is 4.79 Å². The van der Waals surface area contributed by atoms with E-state index in [0.717, 1.165) is 37.3 Å². The second-order valence-corrected chi connectivity index (χ2v) is 4.49. The first-order valence-electron chi connectivity index (χ1n) is 6.32. The van der Waals surface area contributed by atoms with Gasteiger partial charge < -0.3 is 14.8 Å². The monoisotopic (exact) mass is 249 g/mol. The minimum Gasteiger partial charge on any atom is -0.367 e. The van der Waals surface area contributed by atoms with E-state index in [9.17, 15) is 4.79 Å². The SMILES string of the molecule is C=CCN(C)CCN(CC)C(=O)c1c[nH]cc1C. The van der Waals surface area contributed by atoms with E-state index >= 15 is 0 Å². The molecule has 0 radical (unpaired) electrons. The Morgan fingerprint density at radius 2 is 2.17 bits per heavy atom. The van der Waals surface area contributed by atoms with Crippen molar-refractivity contribution < 1.29 is 4.79 Å². The highest BCUT2D eigenvalue weighted by atomic mass is 16.2. The van der Waals surface area contributed by atoms with Gasteiger partial charge in [0.1, 0.15) is 0 Å². The third-order valence-electron chi connectivity index (χ3n) is 3.04.